The fraction of sp³-hybridized carbons (Fsp3) is 0.300. The average Bonchev–Trinajstić information content (AvgIpc) is 2.17. The van der Waals surface area contributed by atoms with Gasteiger partial charge >= 0.3 is 5.97 Å². The highest BCUT2D eigenvalue weighted by Gasteiger charge is 2.30. The first-order valence-electron chi connectivity index (χ1n) is 4.47. The number of halogens is 1. The van der Waals surface area contributed by atoms with Gasteiger partial charge in [-0.25, -0.2) is 9.18 Å². The van der Waals surface area contributed by atoms with E-state index in [9.17, 15) is 9.18 Å². The highest BCUT2D eigenvalue weighted by atomic mass is 19.1. The molecule has 0 bridgehead atoms. The van der Waals surface area contributed by atoms with Crippen molar-refractivity contribution in [3.63, 3.8) is 0 Å². The molecule has 1 aliphatic rings. The SMILES string of the molecule is CN1c2ccc(F)cc2OCC1C(=O)O. The van der Waals surface area contributed by atoms with Crippen LogP contribution in [0.25, 0.3) is 0 Å². The molecule has 1 N–H and O–H groups in total. The molecule has 80 valence electrons. The van der Waals surface area contributed by atoms with E-state index in [4.69, 9.17) is 9.84 Å². The second-order valence-electron chi connectivity index (χ2n) is 3.39. The third-order valence-corrected chi connectivity index (χ3v) is 2.45. The van der Waals surface area contributed by atoms with E-state index in [1.807, 2.05) is 0 Å². The number of carbonyl (C=O) groups is 1. The molecule has 0 fully saturated rings. The van der Waals surface area contributed by atoms with E-state index >= 15 is 0 Å². The largest absolute Gasteiger partial charge is 0.489 e. The van der Waals surface area contributed by atoms with E-state index in [0.717, 1.165) is 0 Å². The second kappa shape index (κ2) is 3.42. The van der Waals surface area contributed by atoms with E-state index in [1.54, 1.807) is 11.9 Å². The number of fused-ring (bicyclic) bond motifs is 1. The number of aliphatic carboxylic acids is 1. The Morgan fingerprint density at radius 3 is 3.07 bits per heavy atom. The van der Waals surface area contributed by atoms with E-state index in [0.29, 0.717) is 11.4 Å². The van der Waals surface area contributed by atoms with Gasteiger partial charge in [0.05, 0.1) is 5.69 Å². The lowest BCUT2D eigenvalue weighted by Crippen LogP contribution is -2.45. The van der Waals surface area contributed by atoms with Gasteiger partial charge in [0, 0.05) is 13.1 Å². The van der Waals surface area contributed by atoms with Gasteiger partial charge in [0.2, 0.25) is 0 Å². The van der Waals surface area contributed by atoms with Crippen LogP contribution >= 0.6 is 0 Å². The van der Waals surface area contributed by atoms with Crippen molar-refractivity contribution < 1.29 is 19.0 Å². The molecule has 1 aliphatic heterocycles. The first kappa shape index (κ1) is 9.76. The fourth-order valence-corrected chi connectivity index (χ4v) is 1.58. The van der Waals surface area contributed by atoms with Gasteiger partial charge in [0.15, 0.2) is 6.04 Å². The summed E-state index contributed by atoms with van der Waals surface area (Å²) in [5, 5.41) is 8.89. The molecule has 1 atom stereocenters. The third-order valence-electron chi connectivity index (χ3n) is 2.45. The summed E-state index contributed by atoms with van der Waals surface area (Å²) in [7, 11) is 1.65. The zero-order valence-corrected chi connectivity index (χ0v) is 8.11. The Kier molecular flexibility index (Phi) is 2.22. The summed E-state index contributed by atoms with van der Waals surface area (Å²) in [4.78, 5) is 12.4. The first-order chi connectivity index (χ1) is 7.09. The van der Waals surface area contributed by atoms with Gasteiger partial charge in [-0.2, -0.15) is 0 Å². The topological polar surface area (TPSA) is 49.8 Å². The van der Waals surface area contributed by atoms with Gasteiger partial charge in [-0.05, 0) is 12.1 Å². The second-order valence-corrected chi connectivity index (χ2v) is 3.39. The number of carboxylic acids is 1. The molecule has 0 radical (unpaired) electrons. The van der Waals surface area contributed by atoms with Crippen LogP contribution in [-0.2, 0) is 4.79 Å². The van der Waals surface area contributed by atoms with E-state index in [2.05, 4.69) is 0 Å². The summed E-state index contributed by atoms with van der Waals surface area (Å²) in [6.07, 6.45) is 0. The zero-order valence-electron chi connectivity index (χ0n) is 8.11. The Morgan fingerprint density at radius 1 is 1.67 bits per heavy atom. The molecule has 4 nitrogen and oxygen atoms in total. The van der Waals surface area contributed by atoms with Gasteiger partial charge in [0.25, 0.3) is 0 Å². The molecule has 0 aromatic heterocycles. The number of nitrogens with zero attached hydrogens (tertiary/aromatic N) is 1. The summed E-state index contributed by atoms with van der Waals surface area (Å²) in [6.45, 7) is 0.0300. The van der Waals surface area contributed by atoms with Crippen LogP contribution in [-0.4, -0.2) is 30.8 Å². The Morgan fingerprint density at radius 2 is 2.40 bits per heavy atom. The van der Waals surface area contributed by atoms with Crippen LogP contribution in [0, 0.1) is 5.82 Å². The lowest BCUT2D eigenvalue weighted by atomic mass is 10.1. The standard InChI is InChI=1S/C10H10FNO3/c1-12-7-3-2-6(11)4-9(7)15-5-8(12)10(13)14/h2-4,8H,5H2,1H3,(H,13,14). The molecule has 0 aliphatic carbocycles. The molecule has 0 amide bonds. The van der Waals surface area contributed by atoms with Crippen molar-refractivity contribution in [2.75, 3.05) is 18.6 Å². The van der Waals surface area contributed by atoms with Crippen LogP contribution in [0.5, 0.6) is 5.75 Å². The molecular formula is C10H10FNO3. The fourth-order valence-electron chi connectivity index (χ4n) is 1.58. The summed E-state index contributed by atoms with van der Waals surface area (Å²) in [5.41, 5.74) is 0.593. The van der Waals surface area contributed by atoms with Crippen LogP contribution in [0.4, 0.5) is 10.1 Å². The average molecular weight is 211 g/mol. The Balaban J connectivity index is 2.38. The van der Waals surface area contributed by atoms with Crippen LogP contribution in [0.1, 0.15) is 0 Å². The normalized spacial score (nSPS) is 19.3. The number of ether oxygens (including phenoxy) is 1. The molecule has 1 aromatic rings. The van der Waals surface area contributed by atoms with Crippen molar-refractivity contribution in [1.29, 1.82) is 0 Å². The molecule has 1 heterocycles. The zero-order chi connectivity index (χ0) is 11.0. The predicted octanol–water partition coefficient (Wildman–Crippen LogP) is 1.11. The van der Waals surface area contributed by atoms with E-state index in [-0.39, 0.29) is 6.61 Å². The van der Waals surface area contributed by atoms with Gasteiger partial charge in [-0.15, -0.1) is 0 Å². The summed E-state index contributed by atoms with van der Waals surface area (Å²) in [6, 6.07) is 3.33. The van der Waals surface area contributed by atoms with Gasteiger partial charge in [-0.3, -0.25) is 0 Å². The summed E-state index contributed by atoms with van der Waals surface area (Å²) >= 11 is 0. The quantitative estimate of drug-likeness (QED) is 0.755. The lowest BCUT2D eigenvalue weighted by molar-refractivity contribution is -0.139. The highest BCUT2D eigenvalue weighted by molar-refractivity contribution is 5.80. The molecule has 0 saturated heterocycles. The van der Waals surface area contributed by atoms with Crippen molar-refractivity contribution in [3.05, 3.63) is 24.0 Å². The van der Waals surface area contributed by atoms with Gasteiger partial charge in [0.1, 0.15) is 18.2 Å². The third kappa shape index (κ3) is 1.60. The Hall–Kier alpha value is -1.78. The smallest absolute Gasteiger partial charge is 0.329 e. The number of carboxylic acid groups (broad SMARTS) is 1. The number of rotatable bonds is 1. The van der Waals surface area contributed by atoms with Crippen LogP contribution in [0.15, 0.2) is 18.2 Å². The minimum atomic E-state index is -0.951. The van der Waals surface area contributed by atoms with Crippen LogP contribution in [0.2, 0.25) is 0 Å². The van der Waals surface area contributed by atoms with Gasteiger partial charge in [-0.1, -0.05) is 0 Å². The molecule has 0 saturated carbocycles. The Bertz CT molecular complexity index is 408. The van der Waals surface area contributed by atoms with E-state index < -0.39 is 17.8 Å². The molecule has 1 aromatic carbocycles. The maximum atomic E-state index is 12.9. The molecular weight excluding hydrogens is 201 g/mol. The summed E-state index contributed by atoms with van der Waals surface area (Å²) in [5.74, 6) is -0.960. The van der Waals surface area contributed by atoms with E-state index in [1.165, 1.54) is 18.2 Å². The van der Waals surface area contributed by atoms with Crippen molar-refractivity contribution in [1.82, 2.24) is 0 Å². The van der Waals surface area contributed by atoms with Crippen molar-refractivity contribution in [2.45, 2.75) is 6.04 Å². The maximum absolute atomic E-state index is 12.9. The van der Waals surface area contributed by atoms with Gasteiger partial charge < -0.3 is 14.7 Å². The number of benzene rings is 1. The van der Waals surface area contributed by atoms with Crippen molar-refractivity contribution in [3.8, 4) is 5.75 Å². The predicted molar refractivity (Wildman–Crippen MR) is 51.7 cm³/mol. The van der Waals surface area contributed by atoms with Crippen molar-refractivity contribution in [2.24, 2.45) is 0 Å². The number of hydrogen-bond acceptors (Lipinski definition) is 3. The highest BCUT2D eigenvalue weighted by Crippen LogP contribution is 2.33. The summed E-state index contributed by atoms with van der Waals surface area (Å²) < 4.78 is 18.0. The van der Waals surface area contributed by atoms with Crippen LogP contribution in [0.3, 0.4) is 0 Å². The lowest BCUT2D eigenvalue weighted by Gasteiger charge is -2.33. The monoisotopic (exact) mass is 211 g/mol. The Labute approximate surface area is 85.9 Å². The van der Waals surface area contributed by atoms with Crippen molar-refractivity contribution >= 4 is 11.7 Å². The molecule has 2 rings (SSSR count). The number of hydrogen-bond donors (Lipinski definition) is 1. The minimum Gasteiger partial charge on any atom is -0.489 e. The molecule has 15 heavy (non-hydrogen) atoms. The molecule has 1 unspecified atom stereocenters. The maximum Gasteiger partial charge on any atom is 0.329 e. The first-order valence-corrected chi connectivity index (χ1v) is 4.47. The number of anilines is 1. The molecule has 5 heteroatoms. The minimum absolute atomic E-state index is 0.0300. The molecule has 0 spiro atoms. The van der Waals surface area contributed by atoms with Crippen LogP contribution < -0.4 is 9.64 Å². The number of likely N-dealkylation sites (N-methyl/N-ethyl adjacent to an activating group) is 1.